The Labute approximate surface area is 91.4 Å². The van der Waals surface area contributed by atoms with Gasteiger partial charge in [-0.3, -0.25) is 0 Å². The van der Waals surface area contributed by atoms with E-state index in [-0.39, 0.29) is 18.4 Å². The third-order valence-corrected chi connectivity index (χ3v) is 2.57. The van der Waals surface area contributed by atoms with E-state index in [1.165, 1.54) is 12.8 Å². The smallest absolute Gasteiger partial charge is 0.335 e. The summed E-state index contributed by atoms with van der Waals surface area (Å²) in [6.07, 6.45) is 5.00. The van der Waals surface area contributed by atoms with Gasteiger partial charge in [-0.1, -0.05) is 39.7 Å². The highest BCUT2D eigenvalue weighted by molar-refractivity contribution is 5.87. The van der Waals surface area contributed by atoms with E-state index >= 15 is 0 Å². The van der Waals surface area contributed by atoms with E-state index in [0.29, 0.717) is 12.0 Å². The molecule has 1 aliphatic rings. The number of unbranched alkanes of at least 4 members (excludes halogenated alkanes) is 2. The third-order valence-electron chi connectivity index (χ3n) is 2.57. The quantitative estimate of drug-likeness (QED) is 0.282. The average molecular weight is 212 g/mol. The molecule has 1 saturated heterocycles. The van der Waals surface area contributed by atoms with Gasteiger partial charge in [0.15, 0.2) is 0 Å². The van der Waals surface area contributed by atoms with Crippen LogP contribution in [0.15, 0.2) is 12.2 Å². The van der Waals surface area contributed by atoms with Crippen molar-refractivity contribution in [3.8, 4) is 0 Å². The molecule has 0 radical (unpaired) electrons. The van der Waals surface area contributed by atoms with Crippen LogP contribution < -0.4 is 0 Å². The fourth-order valence-electron chi connectivity index (χ4n) is 1.36. The highest BCUT2D eigenvalue weighted by atomic mass is 16.8. The van der Waals surface area contributed by atoms with Crippen LogP contribution in [0.2, 0.25) is 0 Å². The second kappa shape index (κ2) is 5.91. The Morgan fingerprint density at radius 3 is 2.73 bits per heavy atom. The fraction of sp³-hybridized carbons (Fsp3) is 0.750. The number of carbonyl (C=O) groups excluding carboxylic acids is 1. The molecule has 0 aliphatic carbocycles. The van der Waals surface area contributed by atoms with Crippen molar-refractivity contribution in [1.29, 1.82) is 0 Å². The van der Waals surface area contributed by atoms with Crippen LogP contribution in [0.4, 0.5) is 0 Å². The van der Waals surface area contributed by atoms with Gasteiger partial charge in [0.2, 0.25) is 6.29 Å². The maximum atomic E-state index is 11.3. The zero-order chi connectivity index (χ0) is 11.3. The summed E-state index contributed by atoms with van der Waals surface area (Å²) >= 11 is 0. The van der Waals surface area contributed by atoms with Crippen LogP contribution >= 0.6 is 0 Å². The lowest BCUT2D eigenvalue weighted by atomic mass is 10.1. The lowest BCUT2D eigenvalue weighted by Gasteiger charge is -2.01. The third kappa shape index (κ3) is 4.04. The number of rotatable bonds is 7. The molecule has 2 unspecified atom stereocenters. The molecule has 0 N–H and O–H groups in total. The minimum absolute atomic E-state index is 0.130. The molecular formula is C12H20O3. The van der Waals surface area contributed by atoms with E-state index in [2.05, 4.69) is 13.5 Å². The summed E-state index contributed by atoms with van der Waals surface area (Å²) in [4.78, 5) is 11.3. The number of ether oxygens (including phenoxy) is 2. The van der Waals surface area contributed by atoms with E-state index in [9.17, 15) is 4.79 Å². The maximum Gasteiger partial charge on any atom is 0.335 e. The van der Waals surface area contributed by atoms with Gasteiger partial charge in [-0.05, 0) is 12.8 Å². The minimum Gasteiger partial charge on any atom is -0.429 e. The van der Waals surface area contributed by atoms with Crippen molar-refractivity contribution >= 4 is 5.97 Å². The molecule has 0 spiro atoms. The molecule has 2 atom stereocenters. The topological polar surface area (TPSA) is 38.8 Å². The molecule has 0 saturated carbocycles. The van der Waals surface area contributed by atoms with Gasteiger partial charge in [0.25, 0.3) is 0 Å². The van der Waals surface area contributed by atoms with E-state index in [1.54, 1.807) is 0 Å². The van der Waals surface area contributed by atoms with Crippen LogP contribution in [0, 0.1) is 0 Å². The van der Waals surface area contributed by atoms with Crippen LogP contribution in [-0.2, 0) is 14.3 Å². The Balaban J connectivity index is 2.11. The van der Waals surface area contributed by atoms with Gasteiger partial charge in [-0.2, -0.15) is 0 Å². The van der Waals surface area contributed by atoms with Crippen LogP contribution in [0.1, 0.15) is 46.0 Å². The Morgan fingerprint density at radius 1 is 1.40 bits per heavy atom. The Bertz CT molecular complexity index is 235. The van der Waals surface area contributed by atoms with Crippen LogP contribution in [0.5, 0.6) is 0 Å². The summed E-state index contributed by atoms with van der Waals surface area (Å²) in [5, 5.41) is 0. The molecule has 86 valence electrons. The number of hydrogen-bond acceptors (Lipinski definition) is 3. The van der Waals surface area contributed by atoms with Crippen molar-refractivity contribution < 1.29 is 14.3 Å². The number of esters is 1. The zero-order valence-electron chi connectivity index (χ0n) is 9.62. The predicted octanol–water partition coefficient (Wildman–Crippen LogP) is 2.80. The molecule has 0 aromatic heterocycles. The lowest BCUT2D eigenvalue weighted by Crippen LogP contribution is -2.10. The highest BCUT2D eigenvalue weighted by Gasteiger charge is 2.41. The summed E-state index contributed by atoms with van der Waals surface area (Å²) in [6, 6.07) is 0. The largest absolute Gasteiger partial charge is 0.429 e. The fourth-order valence-corrected chi connectivity index (χ4v) is 1.36. The van der Waals surface area contributed by atoms with Crippen molar-refractivity contribution in [2.45, 2.75) is 58.3 Å². The highest BCUT2D eigenvalue weighted by Crippen LogP contribution is 2.29. The average Bonchev–Trinajstić information content (AvgIpc) is 2.96. The Kier molecular flexibility index (Phi) is 4.82. The van der Waals surface area contributed by atoms with Gasteiger partial charge >= 0.3 is 5.97 Å². The van der Waals surface area contributed by atoms with Gasteiger partial charge in [-0.25, -0.2) is 4.79 Å². The van der Waals surface area contributed by atoms with Crippen LogP contribution in [-0.4, -0.2) is 18.4 Å². The summed E-state index contributed by atoms with van der Waals surface area (Å²) in [6.45, 7) is 7.67. The van der Waals surface area contributed by atoms with Crippen molar-refractivity contribution in [2.75, 3.05) is 0 Å². The Morgan fingerprint density at radius 2 is 2.13 bits per heavy atom. The van der Waals surface area contributed by atoms with Crippen molar-refractivity contribution in [2.24, 2.45) is 0 Å². The maximum absolute atomic E-state index is 11.3. The summed E-state index contributed by atoms with van der Waals surface area (Å²) in [7, 11) is 0. The first-order valence-corrected chi connectivity index (χ1v) is 5.73. The van der Waals surface area contributed by atoms with E-state index in [0.717, 1.165) is 12.8 Å². The van der Waals surface area contributed by atoms with Gasteiger partial charge < -0.3 is 9.47 Å². The number of hydrogen-bond donors (Lipinski definition) is 0. The molecule has 15 heavy (non-hydrogen) atoms. The molecule has 0 amide bonds. The lowest BCUT2D eigenvalue weighted by molar-refractivity contribution is -0.143. The molecule has 1 fully saturated rings. The normalized spacial score (nSPS) is 23.6. The first-order valence-electron chi connectivity index (χ1n) is 5.73. The Hall–Kier alpha value is -0.830. The standard InChI is InChI=1S/C12H20O3/c1-4-6-7-8-10-12(14-10)15-11(13)9(3)5-2/h10,12H,3-8H2,1-2H3. The van der Waals surface area contributed by atoms with E-state index in [4.69, 9.17) is 9.47 Å². The summed E-state index contributed by atoms with van der Waals surface area (Å²) in [5.74, 6) is -0.319. The molecule has 1 aliphatic heterocycles. The van der Waals surface area contributed by atoms with Crippen LogP contribution in [0.25, 0.3) is 0 Å². The molecule has 3 heteroatoms. The molecule has 1 heterocycles. The number of carbonyl (C=O) groups is 1. The monoisotopic (exact) mass is 212 g/mol. The van der Waals surface area contributed by atoms with Gasteiger partial charge in [-0.15, -0.1) is 0 Å². The molecule has 0 bridgehead atoms. The zero-order valence-corrected chi connectivity index (χ0v) is 9.62. The van der Waals surface area contributed by atoms with E-state index < -0.39 is 0 Å². The molecule has 0 aromatic carbocycles. The molecule has 1 rings (SSSR count). The predicted molar refractivity (Wildman–Crippen MR) is 58.3 cm³/mol. The summed E-state index contributed by atoms with van der Waals surface area (Å²) in [5.41, 5.74) is 0.512. The van der Waals surface area contributed by atoms with Crippen molar-refractivity contribution in [3.63, 3.8) is 0 Å². The first kappa shape index (κ1) is 12.2. The first-order chi connectivity index (χ1) is 7.19. The molecule has 0 aromatic rings. The van der Waals surface area contributed by atoms with Gasteiger partial charge in [0.05, 0.1) is 0 Å². The van der Waals surface area contributed by atoms with Crippen molar-refractivity contribution in [3.05, 3.63) is 12.2 Å². The molecule has 3 nitrogen and oxygen atoms in total. The summed E-state index contributed by atoms with van der Waals surface area (Å²) < 4.78 is 10.3. The van der Waals surface area contributed by atoms with Crippen LogP contribution in [0.3, 0.4) is 0 Å². The van der Waals surface area contributed by atoms with Gasteiger partial charge in [0, 0.05) is 5.57 Å². The minimum atomic E-state index is -0.319. The molecular weight excluding hydrogens is 192 g/mol. The van der Waals surface area contributed by atoms with E-state index in [1.807, 2.05) is 6.92 Å². The number of epoxide rings is 1. The van der Waals surface area contributed by atoms with Gasteiger partial charge in [0.1, 0.15) is 6.10 Å². The SMILES string of the molecule is C=C(CC)C(=O)OC1OC1CCCCC. The second-order valence-electron chi connectivity index (χ2n) is 3.90. The van der Waals surface area contributed by atoms with Crippen molar-refractivity contribution in [1.82, 2.24) is 0 Å². The second-order valence-corrected chi connectivity index (χ2v) is 3.90.